The van der Waals surface area contributed by atoms with E-state index in [1.807, 2.05) is 19.2 Å². The molecule has 1 heterocycles. The summed E-state index contributed by atoms with van der Waals surface area (Å²) in [6, 6.07) is 5.27. The molecule has 0 atom stereocenters. The van der Waals surface area contributed by atoms with Gasteiger partial charge in [-0.2, -0.15) is 9.78 Å². The first-order valence-corrected chi connectivity index (χ1v) is 9.09. The first kappa shape index (κ1) is 15.0. The first-order chi connectivity index (χ1) is 8.30. The van der Waals surface area contributed by atoms with Crippen LogP contribution in [0.15, 0.2) is 12.3 Å². The minimum atomic E-state index is -1.62. The Labute approximate surface area is 113 Å². The summed E-state index contributed by atoms with van der Waals surface area (Å²) >= 11 is 0. The highest BCUT2D eigenvalue weighted by atomic mass is 28.3. The first-order valence-electron chi connectivity index (χ1n) is 6.86. The zero-order valence-electron chi connectivity index (χ0n) is 12.8. The summed E-state index contributed by atoms with van der Waals surface area (Å²) in [5.41, 5.74) is 6.68. The molecule has 0 unspecified atom stereocenters. The van der Waals surface area contributed by atoms with Crippen LogP contribution < -0.4 is 0 Å². The molecule has 0 amide bonds. The van der Waals surface area contributed by atoms with Gasteiger partial charge in [0.2, 0.25) is 0 Å². The highest BCUT2D eigenvalue weighted by molar-refractivity contribution is 6.90. The molecule has 0 fully saturated rings. The largest absolute Gasteiger partial charge is 0.197 e. The predicted octanol–water partition coefficient (Wildman–Crippen LogP) is 4.22. The third-order valence-electron chi connectivity index (χ3n) is 3.98. The van der Waals surface area contributed by atoms with Crippen molar-refractivity contribution < 1.29 is 0 Å². The maximum atomic E-state index is 4.36. The molecular formula is C15H26N2Si. The Balaban J connectivity index is 3.17. The molecule has 0 saturated heterocycles. The molecule has 2 nitrogen and oxygen atoms in total. The minimum Gasteiger partial charge on any atom is -0.197 e. The van der Waals surface area contributed by atoms with Crippen LogP contribution in [0.1, 0.15) is 47.2 Å². The third-order valence-corrected chi connectivity index (χ3v) is 10.3. The van der Waals surface area contributed by atoms with Crippen molar-refractivity contribution in [2.45, 2.75) is 65.1 Å². The van der Waals surface area contributed by atoms with Gasteiger partial charge < -0.3 is 0 Å². The monoisotopic (exact) mass is 262 g/mol. The lowest BCUT2D eigenvalue weighted by Crippen LogP contribution is -2.43. The molecule has 0 saturated carbocycles. The number of rotatable bonds is 3. The Kier molecular flexibility index (Phi) is 4.81. The van der Waals surface area contributed by atoms with Crippen LogP contribution >= 0.6 is 0 Å². The molecule has 100 valence electrons. The molecule has 0 spiro atoms. The van der Waals surface area contributed by atoms with Gasteiger partial charge in [-0.3, -0.25) is 0 Å². The summed E-state index contributed by atoms with van der Waals surface area (Å²) in [4.78, 5) is 0. The van der Waals surface area contributed by atoms with E-state index in [9.17, 15) is 0 Å². The minimum absolute atomic E-state index is 0.668. The summed E-state index contributed by atoms with van der Waals surface area (Å²) in [7, 11) is -1.62. The van der Waals surface area contributed by atoms with Crippen LogP contribution in [0.3, 0.4) is 0 Å². The van der Waals surface area contributed by atoms with Gasteiger partial charge in [0.05, 0.1) is 5.69 Å². The summed E-state index contributed by atoms with van der Waals surface area (Å²) in [5, 5.41) is 4.36. The maximum absolute atomic E-state index is 4.36. The maximum Gasteiger partial charge on any atom is 0.148 e. The molecule has 1 aromatic rings. The molecule has 1 rings (SSSR count). The lowest BCUT2D eigenvalue weighted by atomic mass is 10.5. The Morgan fingerprint density at radius 1 is 1.06 bits per heavy atom. The van der Waals surface area contributed by atoms with Crippen molar-refractivity contribution in [3.63, 3.8) is 0 Å². The second-order valence-electron chi connectivity index (χ2n) is 6.04. The number of hydrogen-bond acceptors (Lipinski definition) is 1. The van der Waals surface area contributed by atoms with Crippen molar-refractivity contribution in [1.82, 2.24) is 9.78 Å². The fourth-order valence-corrected chi connectivity index (χ4v) is 8.24. The highest BCUT2D eigenvalue weighted by Crippen LogP contribution is 2.40. The fraction of sp³-hybridized carbons (Fsp3) is 0.667. The smallest absolute Gasteiger partial charge is 0.148 e. The van der Waals surface area contributed by atoms with E-state index < -0.39 is 8.07 Å². The Morgan fingerprint density at radius 2 is 1.56 bits per heavy atom. The van der Waals surface area contributed by atoms with Gasteiger partial charge in [-0.25, -0.2) is 0 Å². The van der Waals surface area contributed by atoms with Gasteiger partial charge in [0.25, 0.3) is 0 Å². The van der Waals surface area contributed by atoms with E-state index in [1.54, 1.807) is 4.68 Å². The zero-order valence-corrected chi connectivity index (χ0v) is 13.8. The number of hydrogen-bond donors (Lipinski definition) is 0. The molecule has 0 aliphatic heterocycles. The average Bonchev–Trinajstić information content (AvgIpc) is 2.63. The predicted molar refractivity (Wildman–Crippen MR) is 81.2 cm³/mol. The Hall–Kier alpha value is -1.01. The van der Waals surface area contributed by atoms with E-state index in [1.165, 1.54) is 0 Å². The van der Waals surface area contributed by atoms with Crippen LogP contribution in [0.5, 0.6) is 0 Å². The van der Waals surface area contributed by atoms with Crippen LogP contribution in [-0.2, 0) is 0 Å². The van der Waals surface area contributed by atoms with Crippen LogP contribution in [0.25, 0.3) is 0 Å². The Bertz CT molecular complexity index is 425. The molecule has 0 aliphatic rings. The topological polar surface area (TPSA) is 17.8 Å². The van der Waals surface area contributed by atoms with E-state index in [0.717, 1.165) is 5.69 Å². The van der Waals surface area contributed by atoms with Crippen LogP contribution in [0.4, 0.5) is 0 Å². The lowest BCUT2D eigenvalue weighted by Gasteiger charge is -2.37. The number of aryl methyl sites for hydroxylation is 1. The molecule has 0 bridgehead atoms. The van der Waals surface area contributed by atoms with Crippen LogP contribution in [0.2, 0.25) is 16.6 Å². The standard InChI is InChI=1S/C15H26N2Si/c1-12(2)18(13(3)4,14(5)6)11-10-17-9-8-15(7)16-17/h8-9,12-14H,1-7H3. The second kappa shape index (κ2) is 5.75. The van der Waals surface area contributed by atoms with Crippen LogP contribution in [0, 0.1) is 18.5 Å². The molecule has 0 radical (unpaired) electrons. The zero-order chi connectivity index (χ0) is 13.9. The fourth-order valence-electron chi connectivity index (χ4n) is 3.06. The molecular weight excluding hydrogens is 236 g/mol. The molecule has 0 aromatic carbocycles. The quantitative estimate of drug-likeness (QED) is 0.589. The van der Waals surface area contributed by atoms with Gasteiger partial charge in [0.15, 0.2) is 0 Å². The summed E-state index contributed by atoms with van der Waals surface area (Å²) < 4.78 is 1.77. The normalized spacial score (nSPS) is 12.1. The van der Waals surface area contributed by atoms with Crippen molar-refractivity contribution in [3.05, 3.63) is 18.0 Å². The van der Waals surface area contributed by atoms with Gasteiger partial charge in [-0.15, -0.1) is 5.54 Å². The van der Waals surface area contributed by atoms with E-state index in [2.05, 4.69) is 58.2 Å². The van der Waals surface area contributed by atoms with E-state index >= 15 is 0 Å². The van der Waals surface area contributed by atoms with Gasteiger partial charge in [-0.1, -0.05) is 41.5 Å². The second-order valence-corrected chi connectivity index (χ2v) is 11.6. The van der Waals surface area contributed by atoms with E-state index in [-0.39, 0.29) is 0 Å². The summed E-state index contributed by atoms with van der Waals surface area (Å²) in [6.45, 7) is 16.0. The van der Waals surface area contributed by atoms with Crippen molar-refractivity contribution in [1.29, 1.82) is 0 Å². The molecule has 3 heteroatoms. The van der Waals surface area contributed by atoms with Gasteiger partial charge in [0, 0.05) is 12.2 Å². The van der Waals surface area contributed by atoms with Gasteiger partial charge in [-0.05, 0) is 29.6 Å². The summed E-state index contributed by atoms with van der Waals surface area (Å²) in [6.07, 6.45) is 1.95. The van der Waals surface area contributed by atoms with Crippen molar-refractivity contribution in [2.75, 3.05) is 0 Å². The molecule has 0 aliphatic carbocycles. The van der Waals surface area contributed by atoms with Crippen molar-refractivity contribution in [2.24, 2.45) is 0 Å². The molecule has 18 heavy (non-hydrogen) atoms. The van der Waals surface area contributed by atoms with Crippen molar-refractivity contribution >= 4 is 8.07 Å². The van der Waals surface area contributed by atoms with Crippen LogP contribution in [-0.4, -0.2) is 17.9 Å². The third kappa shape index (κ3) is 2.87. The molecule has 1 aromatic heterocycles. The Morgan fingerprint density at radius 3 is 1.89 bits per heavy atom. The summed E-state index contributed by atoms with van der Waals surface area (Å²) in [5.74, 6) is 0. The lowest BCUT2D eigenvalue weighted by molar-refractivity contribution is 0.836. The van der Waals surface area contributed by atoms with E-state index in [4.69, 9.17) is 0 Å². The number of nitrogens with zero attached hydrogens (tertiary/aromatic N) is 2. The highest BCUT2D eigenvalue weighted by Gasteiger charge is 2.41. The van der Waals surface area contributed by atoms with Gasteiger partial charge >= 0.3 is 0 Å². The average molecular weight is 262 g/mol. The van der Waals surface area contributed by atoms with E-state index in [0.29, 0.717) is 16.6 Å². The molecule has 0 N–H and O–H groups in total. The van der Waals surface area contributed by atoms with Crippen molar-refractivity contribution in [3.8, 4) is 11.6 Å². The van der Waals surface area contributed by atoms with Gasteiger partial charge in [0.1, 0.15) is 8.07 Å². The number of aromatic nitrogens is 2. The SMILES string of the molecule is Cc1ccn(C#C[Si](C(C)C)(C(C)C)C(C)C)n1.